The van der Waals surface area contributed by atoms with Crippen molar-refractivity contribution < 1.29 is 14.3 Å². The normalized spacial score (nSPS) is 19.0. The van der Waals surface area contributed by atoms with Crippen LogP contribution in [0.2, 0.25) is 0 Å². The van der Waals surface area contributed by atoms with Crippen LogP contribution in [0, 0.1) is 0 Å². The van der Waals surface area contributed by atoms with E-state index in [-0.39, 0.29) is 6.61 Å². The molecule has 1 N–H and O–H groups in total. The lowest BCUT2D eigenvalue weighted by molar-refractivity contribution is -0.0954. The first-order valence-electron chi connectivity index (χ1n) is 4.75. The first kappa shape index (κ1) is 8.82. The van der Waals surface area contributed by atoms with Gasteiger partial charge in [-0.1, -0.05) is 0 Å². The van der Waals surface area contributed by atoms with E-state index >= 15 is 0 Å². The van der Waals surface area contributed by atoms with Crippen molar-refractivity contribution in [3.05, 3.63) is 24.2 Å². The molecule has 2 aromatic heterocycles. The summed E-state index contributed by atoms with van der Waals surface area (Å²) in [5.41, 5.74) is 0.764. The second-order valence-corrected chi connectivity index (χ2v) is 3.78. The van der Waals surface area contributed by atoms with Crippen molar-refractivity contribution in [1.29, 1.82) is 0 Å². The van der Waals surface area contributed by atoms with Gasteiger partial charge in [0, 0.05) is 6.20 Å². The molecule has 1 saturated heterocycles. The van der Waals surface area contributed by atoms with Crippen molar-refractivity contribution in [2.45, 2.75) is 5.41 Å². The molecule has 15 heavy (non-hydrogen) atoms. The Kier molecular flexibility index (Phi) is 1.77. The predicted molar refractivity (Wildman–Crippen MR) is 51.4 cm³/mol. The van der Waals surface area contributed by atoms with Gasteiger partial charge in [-0.05, 0) is 12.1 Å². The number of hydrogen-bond donors (Lipinski definition) is 1. The molecule has 0 aliphatic carbocycles. The van der Waals surface area contributed by atoms with E-state index in [4.69, 9.17) is 9.15 Å². The van der Waals surface area contributed by atoms with Crippen LogP contribution in [0.1, 0.15) is 5.89 Å². The molecule has 3 heterocycles. The van der Waals surface area contributed by atoms with Gasteiger partial charge in [0.25, 0.3) is 0 Å². The van der Waals surface area contributed by atoms with E-state index in [0.29, 0.717) is 30.3 Å². The lowest BCUT2D eigenvalue weighted by atomic mass is 9.87. The van der Waals surface area contributed by atoms with Crippen LogP contribution < -0.4 is 0 Å². The molecular formula is C10H10N2O3. The predicted octanol–water partition coefficient (Wildman–Crippen LogP) is 0.483. The quantitative estimate of drug-likeness (QED) is 0.774. The summed E-state index contributed by atoms with van der Waals surface area (Å²) in [6.07, 6.45) is 1.66. The minimum Gasteiger partial charge on any atom is -0.438 e. The first-order valence-corrected chi connectivity index (χ1v) is 4.75. The Hall–Kier alpha value is -1.46. The number of rotatable bonds is 2. The minimum absolute atomic E-state index is 0.0141. The monoisotopic (exact) mass is 206 g/mol. The summed E-state index contributed by atoms with van der Waals surface area (Å²) < 4.78 is 10.7. The average Bonchev–Trinajstić information content (AvgIpc) is 2.60. The van der Waals surface area contributed by atoms with Crippen LogP contribution in [0.3, 0.4) is 0 Å². The molecule has 2 aromatic rings. The smallest absolute Gasteiger partial charge is 0.210 e. The third kappa shape index (κ3) is 1.17. The van der Waals surface area contributed by atoms with Crippen molar-refractivity contribution in [3.8, 4) is 0 Å². The van der Waals surface area contributed by atoms with E-state index in [1.54, 1.807) is 12.3 Å². The molecule has 5 heteroatoms. The van der Waals surface area contributed by atoms with Crippen molar-refractivity contribution in [3.63, 3.8) is 0 Å². The van der Waals surface area contributed by atoms with Crippen LogP contribution in [0.15, 0.2) is 22.7 Å². The van der Waals surface area contributed by atoms with Crippen LogP contribution >= 0.6 is 0 Å². The Balaban J connectivity index is 2.11. The van der Waals surface area contributed by atoms with Gasteiger partial charge in [0.2, 0.25) is 5.89 Å². The number of fused-ring (bicyclic) bond motifs is 1. The van der Waals surface area contributed by atoms with Gasteiger partial charge in [-0.25, -0.2) is 4.98 Å². The lowest BCUT2D eigenvalue weighted by Gasteiger charge is -2.36. The molecule has 5 nitrogen and oxygen atoms in total. The zero-order chi connectivity index (χ0) is 10.3. The van der Waals surface area contributed by atoms with Crippen molar-refractivity contribution >= 4 is 11.2 Å². The Morgan fingerprint density at radius 2 is 2.33 bits per heavy atom. The lowest BCUT2D eigenvalue weighted by Crippen LogP contribution is -2.49. The zero-order valence-corrected chi connectivity index (χ0v) is 8.01. The number of aliphatic hydroxyl groups excluding tert-OH is 1. The minimum atomic E-state index is -0.458. The topological polar surface area (TPSA) is 68.4 Å². The number of aliphatic hydroxyl groups is 1. The summed E-state index contributed by atoms with van der Waals surface area (Å²) in [6, 6.07) is 3.60. The fraction of sp³-hybridized carbons (Fsp3) is 0.400. The van der Waals surface area contributed by atoms with Crippen LogP contribution in [-0.4, -0.2) is 34.9 Å². The standard InChI is InChI=1S/C10H10N2O3/c13-4-10(5-14-6-10)9-12-8-7(15-9)2-1-3-11-8/h1-3,13H,4-6H2. The molecule has 0 unspecified atom stereocenters. The highest BCUT2D eigenvalue weighted by atomic mass is 16.5. The van der Waals surface area contributed by atoms with Gasteiger partial charge in [0.15, 0.2) is 11.2 Å². The summed E-state index contributed by atoms with van der Waals surface area (Å²) >= 11 is 0. The summed E-state index contributed by atoms with van der Waals surface area (Å²) in [6.45, 7) is 0.895. The first-order chi connectivity index (χ1) is 7.34. The fourth-order valence-electron chi connectivity index (χ4n) is 1.63. The van der Waals surface area contributed by atoms with Crippen molar-refractivity contribution in [2.75, 3.05) is 19.8 Å². The highest BCUT2D eigenvalue weighted by Gasteiger charge is 2.44. The molecule has 0 radical (unpaired) electrons. The van der Waals surface area contributed by atoms with Gasteiger partial charge in [-0.2, -0.15) is 4.98 Å². The molecule has 0 amide bonds. The number of nitrogens with zero attached hydrogens (tertiary/aromatic N) is 2. The van der Waals surface area contributed by atoms with E-state index in [1.807, 2.05) is 6.07 Å². The van der Waals surface area contributed by atoms with Gasteiger partial charge < -0.3 is 14.3 Å². The number of ether oxygens (including phenoxy) is 1. The maximum absolute atomic E-state index is 9.31. The van der Waals surface area contributed by atoms with Crippen LogP contribution in [0.5, 0.6) is 0 Å². The van der Waals surface area contributed by atoms with Gasteiger partial charge >= 0.3 is 0 Å². The summed E-state index contributed by atoms with van der Waals surface area (Å²) in [5, 5.41) is 9.31. The van der Waals surface area contributed by atoms with Gasteiger partial charge in [0.05, 0.1) is 19.8 Å². The van der Waals surface area contributed by atoms with Crippen LogP contribution in [0.25, 0.3) is 11.2 Å². The molecule has 0 spiro atoms. The van der Waals surface area contributed by atoms with E-state index in [2.05, 4.69) is 9.97 Å². The molecular weight excluding hydrogens is 196 g/mol. The Bertz CT molecular complexity index is 452. The van der Waals surface area contributed by atoms with E-state index in [9.17, 15) is 5.11 Å². The molecule has 0 saturated carbocycles. The number of aromatic nitrogens is 2. The Labute approximate surface area is 85.7 Å². The average molecular weight is 206 g/mol. The van der Waals surface area contributed by atoms with Crippen LogP contribution in [-0.2, 0) is 10.2 Å². The third-order valence-electron chi connectivity index (χ3n) is 2.68. The highest BCUT2D eigenvalue weighted by molar-refractivity contribution is 5.67. The SMILES string of the molecule is OCC1(c2nc3ncccc3o2)COC1. The third-order valence-corrected chi connectivity index (χ3v) is 2.68. The van der Waals surface area contributed by atoms with E-state index in [0.717, 1.165) is 0 Å². The molecule has 0 atom stereocenters. The summed E-state index contributed by atoms with van der Waals surface area (Å²) in [4.78, 5) is 8.34. The summed E-state index contributed by atoms with van der Waals surface area (Å²) in [7, 11) is 0. The van der Waals surface area contributed by atoms with Crippen molar-refractivity contribution in [2.24, 2.45) is 0 Å². The van der Waals surface area contributed by atoms with E-state index < -0.39 is 5.41 Å². The zero-order valence-electron chi connectivity index (χ0n) is 8.01. The largest absolute Gasteiger partial charge is 0.438 e. The highest BCUT2D eigenvalue weighted by Crippen LogP contribution is 2.32. The van der Waals surface area contributed by atoms with E-state index in [1.165, 1.54) is 0 Å². The van der Waals surface area contributed by atoms with Gasteiger partial charge in [-0.15, -0.1) is 0 Å². The van der Waals surface area contributed by atoms with Crippen LogP contribution in [0.4, 0.5) is 0 Å². The van der Waals surface area contributed by atoms with Gasteiger partial charge in [-0.3, -0.25) is 0 Å². The second-order valence-electron chi connectivity index (χ2n) is 3.78. The molecule has 1 aliphatic heterocycles. The molecule has 0 aromatic carbocycles. The second kappa shape index (κ2) is 3.01. The Morgan fingerprint density at radius 3 is 2.93 bits per heavy atom. The number of hydrogen-bond acceptors (Lipinski definition) is 5. The molecule has 78 valence electrons. The fourth-order valence-corrected chi connectivity index (χ4v) is 1.63. The Morgan fingerprint density at radius 1 is 1.47 bits per heavy atom. The molecule has 1 fully saturated rings. The number of pyridine rings is 1. The number of oxazole rings is 1. The molecule has 3 rings (SSSR count). The maximum atomic E-state index is 9.31. The van der Waals surface area contributed by atoms with Gasteiger partial charge in [0.1, 0.15) is 5.41 Å². The molecule has 0 bridgehead atoms. The summed E-state index contributed by atoms with van der Waals surface area (Å²) in [5.74, 6) is 0.518. The molecule has 1 aliphatic rings. The van der Waals surface area contributed by atoms with Crippen molar-refractivity contribution in [1.82, 2.24) is 9.97 Å². The maximum Gasteiger partial charge on any atom is 0.210 e.